The van der Waals surface area contributed by atoms with Crippen molar-refractivity contribution in [1.82, 2.24) is 0 Å². The molecule has 0 N–H and O–H groups in total. The minimum Gasteiger partial charge on any atom is -0.487 e. The molecule has 0 saturated carbocycles. The Morgan fingerprint density at radius 1 is 0.933 bits per heavy atom. The summed E-state index contributed by atoms with van der Waals surface area (Å²) >= 11 is 0. The molecule has 15 heavy (non-hydrogen) atoms. The van der Waals surface area contributed by atoms with Crippen molar-refractivity contribution in [3.63, 3.8) is 0 Å². The van der Waals surface area contributed by atoms with Crippen LogP contribution in [-0.2, 0) is 5.11 Å². The van der Waals surface area contributed by atoms with Gasteiger partial charge in [-0.1, -0.05) is 6.07 Å². The summed E-state index contributed by atoms with van der Waals surface area (Å²) in [5.74, 6) is 0.520. The number of para-hydroxylation sites is 1. The number of hydrogen-bond acceptors (Lipinski definition) is 2. The van der Waals surface area contributed by atoms with E-state index >= 15 is 0 Å². The Kier molecular flexibility index (Phi) is 3.83. The third-order valence-corrected chi connectivity index (χ3v) is 1.67. The lowest BCUT2D eigenvalue weighted by Gasteiger charge is -2.14. The van der Waals surface area contributed by atoms with Gasteiger partial charge in [-0.05, 0) is 39.8 Å². The lowest BCUT2D eigenvalue weighted by Crippen LogP contribution is -2.08. The quantitative estimate of drug-likeness (QED) is 0.762. The van der Waals surface area contributed by atoms with E-state index in [0.717, 1.165) is 0 Å². The Hall–Kier alpha value is -1.38. The molecule has 0 saturated heterocycles. The Balaban J connectivity index is 2.90. The second kappa shape index (κ2) is 4.91. The average Bonchev–Trinajstić information content (AvgIpc) is 2.10. The van der Waals surface area contributed by atoms with Crippen LogP contribution in [0.1, 0.15) is 27.7 Å². The Labute approximate surface area is 90.6 Å². The highest BCUT2D eigenvalue weighted by molar-refractivity contribution is 5.49. The van der Waals surface area contributed by atoms with Gasteiger partial charge in [0.1, 0.15) is 0 Å². The first-order valence-corrected chi connectivity index (χ1v) is 5.14. The molecule has 0 atom stereocenters. The third-order valence-electron chi connectivity index (χ3n) is 1.67. The van der Waals surface area contributed by atoms with Gasteiger partial charge in [0.25, 0.3) is 5.75 Å². The van der Waals surface area contributed by atoms with Crippen molar-refractivity contribution in [2.45, 2.75) is 39.9 Å². The molecular weight excluding hydrogens is 192 g/mol. The van der Waals surface area contributed by atoms with Gasteiger partial charge < -0.3 is 9.47 Å². The maximum atomic E-state index is 11.8. The molecule has 0 spiro atoms. The van der Waals surface area contributed by atoms with Crippen LogP contribution in [0.25, 0.3) is 0 Å². The van der Waals surface area contributed by atoms with Gasteiger partial charge in [-0.3, -0.25) is 5.11 Å². The summed E-state index contributed by atoms with van der Waals surface area (Å²) < 4.78 is 10.7. The molecule has 0 unspecified atom stereocenters. The highest BCUT2D eigenvalue weighted by Gasteiger charge is 2.13. The van der Waals surface area contributed by atoms with Gasteiger partial charge in [0.15, 0.2) is 11.5 Å². The molecule has 0 aliphatic rings. The molecule has 0 aromatic heterocycles. The van der Waals surface area contributed by atoms with E-state index in [-0.39, 0.29) is 18.0 Å². The summed E-state index contributed by atoms with van der Waals surface area (Å²) in [6.45, 7) is 7.54. The predicted octanol–water partition coefficient (Wildman–Crippen LogP) is 3.40. The fourth-order valence-electron chi connectivity index (χ4n) is 1.19. The first kappa shape index (κ1) is 11.7. The summed E-state index contributed by atoms with van der Waals surface area (Å²) in [6, 6.07) is 5.09. The van der Waals surface area contributed by atoms with Gasteiger partial charge in [0.2, 0.25) is 0 Å². The minimum atomic E-state index is -0.181. The largest absolute Gasteiger partial charge is 0.487 e. The molecule has 0 aliphatic carbocycles. The molecule has 3 nitrogen and oxygen atoms in total. The monoisotopic (exact) mass is 209 g/mol. The Morgan fingerprint density at radius 3 is 1.67 bits per heavy atom. The Morgan fingerprint density at radius 2 is 1.33 bits per heavy atom. The van der Waals surface area contributed by atoms with Gasteiger partial charge in [0.05, 0.1) is 12.2 Å². The van der Waals surface area contributed by atoms with Gasteiger partial charge in [0, 0.05) is 0 Å². The van der Waals surface area contributed by atoms with Crippen molar-refractivity contribution in [2.75, 3.05) is 0 Å². The highest BCUT2D eigenvalue weighted by Crippen LogP contribution is 2.37. The van der Waals surface area contributed by atoms with Crippen LogP contribution < -0.4 is 9.47 Å². The van der Waals surface area contributed by atoms with Crippen LogP contribution in [-0.4, -0.2) is 12.2 Å². The van der Waals surface area contributed by atoms with Crippen molar-refractivity contribution < 1.29 is 14.6 Å². The highest BCUT2D eigenvalue weighted by atomic mass is 16.5. The molecule has 1 rings (SSSR count). The average molecular weight is 209 g/mol. The van der Waals surface area contributed by atoms with Crippen LogP contribution in [0.2, 0.25) is 0 Å². The zero-order valence-corrected chi connectivity index (χ0v) is 9.61. The standard InChI is InChI=1S/C12H17O3/c1-8(2)14-10-6-5-7-11(12(10)13)15-9(3)4/h5-9H,1-4H3. The topological polar surface area (TPSA) is 38.4 Å². The van der Waals surface area contributed by atoms with Crippen molar-refractivity contribution in [3.05, 3.63) is 18.2 Å². The van der Waals surface area contributed by atoms with Crippen LogP contribution in [0.15, 0.2) is 18.2 Å². The van der Waals surface area contributed by atoms with Gasteiger partial charge in [-0.25, -0.2) is 0 Å². The first-order valence-electron chi connectivity index (χ1n) is 5.14. The van der Waals surface area contributed by atoms with E-state index in [4.69, 9.17) is 9.47 Å². The van der Waals surface area contributed by atoms with Crippen LogP contribution >= 0.6 is 0 Å². The molecule has 83 valence electrons. The number of hydrogen-bond donors (Lipinski definition) is 0. The predicted molar refractivity (Wildman–Crippen MR) is 58.1 cm³/mol. The fourth-order valence-corrected chi connectivity index (χ4v) is 1.19. The molecular formula is C12H17O3. The molecule has 0 amide bonds. The molecule has 3 heteroatoms. The van der Waals surface area contributed by atoms with E-state index in [1.807, 2.05) is 27.7 Å². The van der Waals surface area contributed by atoms with Gasteiger partial charge in [-0.2, -0.15) is 0 Å². The van der Waals surface area contributed by atoms with Crippen molar-refractivity contribution in [3.8, 4) is 17.2 Å². The smallest absolute Gasteiger partial charge is 0.262 e. The third kappa shape index (κ3) is 3.35. The van der Waals surface area contributed by atoms with E-state index in [9.17, 15) is 5.11 Å². The van der Waals surface area contributed by atoms with Crippen molar-refractivity contribution in [2.24, 2.45) is 0 Å². The summed E-state index contributed by atoms with van der Waals surface area (Å²) in [7, 11) is 0. The SMILES string of the molecule is CC(C)Oc1cccc(OC(C)C)c1[O]. The number of benzene rings is 1. The number of ether oxygens (including phenoxy) is 2. The summed E-state index contributed by atoms with van der Waals surface area (Å²) in [4.78, 5) is 0. The number of rotatable bonds is 4. The van der Waals surface area contributed by atoms with Crippen molar-refractivity contribution >= 4 is 0 Å². The van der Waals surface area contributed by atoms with E-state index < -0.39 is 0 Å². The normalized spacial score (nSPS) is 10.8. The van der Waals surface area contributed by atoms with Crippen LogP contribution in [0.3, 0.4) is 0 Å². The summed E-state index contributed by atoms with van der Waals surface area (Å²) in [5, 5.41) is 11.8. The minimum absolute atomic E-state index is 0.00741. The van der Waals surface area contributed by atoms with Crippen LogP contribution in [0.4, 0.5) is 0 Å². The molecule has 1 aromatic carbocycles. The molecule has 0 fully saturated rings. The van der Waals surface area contributed by atoms with Gasteiger partial charge in [-0.15, -0.1) is 0 Å². The zero-order chi connectivity index (χ0) is 11.4. The van der Waals surface area contributed by atoms with Gasteiger partial charge >= 0.3 is 0 Å². The summed E-state index contributed by atoms with van der Waals surface area (Å²) in [5.41, 5.74) is 0. The molecule has 0 bridgehead atoms. The van der Waals surface area contributed by atoms with Crippen molar-refractivity contribution in [1.29, 1.82) is 0 Å². The van der Waals surface area contributed by atoms with E-state index in [1.54, 1.807) is 18.2 Å². The lowest BCUT2D eigenvalue weighted by atomic mass is 10.3. The maximum Gasteiger partial charge on any atom is 0.262 e. The fraction of sp³-hybridized carbons (Fsp3) is 0.500. The lowest BCUT2D eigenvalue weighted by molar-refractivity contribution is 0.197. The van der Waals surface area contributed by atoms with Crippen LogP contribution in [0, 0.1) is 0 Å². The molecule has 0 aliphatic heterocycles. The second-order valence-corrected chi connectivity index (χ2v) is 3.92. The van der Waals surface area contributed by atoms with E-state index in [0.29, 0.717) is 11.5 Å². The molecule has 1 radical (unpaired) electrons. The van der Waals surface area contributed by atoms with E-state index in [1.165, 1.54) is 0 Å². The van der Waals surface area contributed by atoms with Crippen LogP contribution in [0.5, 0.6) is 17.2 Å². The Bertz CT molecular complexity index is 290. The zero-order valence-electron chi connectivity index (χ0n) is 9.61. The van der Waals surface area contributed by atoms with E-state index in [2.05, 4.69) is 0 Å². The maximum absolute atomic E-state index is 11.8. The first-order chi connectivity index (χ1) is 7.00. The summed E-state index contributed by atoms with van der Waals surface area (Å²) in [6.07, 6.45) is -0.0148. The second-order valence-electron chi connectivity index (χ2n) is 3.92. The molecule has 0 heterocycles. The molecule has 1 aromatic rings.